The minimum absolute atomic E-state index is 0.0505. The van der Waals surface area contributed by atoms with Gasteiger partial charge in [0.15, 0.2) is 0 Å². The normalized spacial score (nSPS) is 20.5. The molecule has 0 aromatic heterocycles. The number of hydrogen-bond donors (Lipinski definition) is 1. The number of rotatable bonds is 5. The Kier molecular flexibility index (Phi) is 6.11. The summed E-state index contributed by atoms with van der Waals surface area (Å²) in [5, 5.41) is 0. The predicted octanol–water partition coefficient (Wildman–Crippen LogP) is 2.09. The van der Waals surface area contributed by atoms with Crippen LogP contribution in [0.4, 0.5) is 0 Å². The smallest absolute Gasteiger partial charge is 0.263 e. The molecule has 0 aliphatic carbocycles. The van der Waals surface area contributed by atoms with E-state index >= 15 is 0 Å². The van der Waals surface area contributed by atoms with Gasteiger partial charge in [-0.25, -0.2) is 8.42 Å². The Labute approximate surface area is 183 Å². The molecule has 0 spiro atoms. The van der Waals surface area contributed by atoms with Crippen LogP contribution in [0.2, 0.25) is 0 Å². The zero-order valence-corrected chi connectivity index (χ0v) is 18.7. The highest BCUT2D eigenvalue weighted by molar-refractivity contribution is 7.90. The van der Waals surface area contributed by atoms with Crippen molar-refractivity contribution in [1.82, 2.24) is 14.5 Å². The van der Waals surface area contributed by atoms with Crippen molar-refractivity contribution in [3.05, 3.63) is 65.7 Å². The molecular formula is C23H28N4O3S. The fourth-order valence-corrected chi connectivity index (χ4v) is 5.25. The molecule has 4 rings (SSSR count). The summed E-state index contributed by atoms with van der Waals surface area (Å²) in [4.78, 5) is 22.3. The monoisotopic (exact) mass is 440 g/mol. The van der Waals surface area contributed by atoms with Crippen LogP contribution in [0, 0.1) is 5.92 Å². The van der Waals surface area contributed by atoms with Crippen molar-refractivity contribution < 1.29 is 13.2 Å². The lowest BCUT2D eigenvalue weighted by molar-refractivity contribution is -0.135. The van der Waals surface area contributed by atoms with Crippen LogP contribution < -0.4 is 4.72 Å². The maximum atomic E-state index is 13.3. The summed E-state index contributed by atoms with van der Waals surface area (Å²) < 4.78 is 27.3. The van der Waals surface area contributed by atoms with Crippen molar-refractivity contribution in [2.24, 2.45) is 10.9 Å². The highest BCUT2D eigenvalue weighted by Crippen LogP contribution is 2.24. The third-order valence-corrected chi connectivity index (χ3v) is 7.15. The number of amidine groups is 1. The van der Waals surface area contributed by atoms with Gasteiger partial charge in [-0.15, -0.1) is 0 Å². The average molecular weight is 441 g/mol. The first-order valence-corrected chi connectivity index (χ1v) is 12.1. The van der Waals surface area contributed by atoms with Crippen LogP contribution in [0.25, 0.3) is 0 Å². The van der Waals surface area contributed by atoms with Crippen LogP contribution in [-0.2, 0) is 21.4 Å². The quantitative estimate of drug-likeness (QED) is 0.772. The van der Waals surface area contributed by atoms with E-state index in [9.17, 15) is 13.2 Å². The molecule has 0 saturated carbocycles. The van der Waals surface area contributed by atoms with E-state index in [1.54, 1.807) is 24.3 Å². The van der Waals surface area contributed by atoms with Crippen molar-refractivity contribution in [3.63, 3.8) is 0 Å². The number of fused-ring (bicyclic) bond motifs is 1. The second-order valence-corrected chi connectivity index (χ2v) is 10.0. The molecule has 1 amide bonds. The fourth-order valence-electron chi connectivity index (χ4n) is 4.01. The predicted molar refractivity (Wildman–Crippen MR) is 120 cm³/mol. The molecule has 1 atom stereocenters. The molecule has 1 fully saturated rings. The molecule has 0 bridgehead atoms. The summed E-state index contributed by atoms with van der Waals surface area (Å²) in [7, 11) is -3.63. The lowest BCUT2D eigenvalue weighted by atomic mass is 10.0. The molecule has 0 radical (unpaired) electrons. The third kappa shape index (κ3) is 4.65. The Hall–Kier alpha value is -2.71. The number of benzene rings is 2. The van der Waals surface area contributed by atoms with Gasteiger partial charge in [0.2, 0.25) is 5.91 Å². The summed E-state index contributed by atoms with van der Waals surface area (Å²) >= 11 is 0. The van der Waals surface area contributed by atoms with Gasteiger partial charge in [0, 0.05) is 38.3 Å². The van der Waals surface area contributed by atoms with Crippen LogP contribution in [0.1, 0.15) is 25.0 Å². The first-order valence-electron chi connectivity index (χ1n) is 10.6. The van der Waals surface area contributed by atoms with Gasteiger partial charge in [-0.05, 0) is 23.6 Å². The number of nitrogens with zero attached hydrogens (tertiary/aromatic N) is 3. The molecule has 2 aromatic carbocycles. The van der Waals surface area contributed by atoms with E-state index < -0.39 is 16.1 Å². The van der Waals surface area contributed by atoms with Crippen LogP contribution >= 0.6 is 0 Å². The number of aliphatic imine (C=N–C) groups is 1. The van der Waals surface area contributed by atoms with Gasteiger partial charge in [-0.3, -0.25) is 19.4 Å². The highest BCUT2D eigenvalue weighted by atomic mass is 32.2. The maximum absolute atomic E-state index is 13.3. The highest BCUT2D eigenvalue weighted by Gasteiger charge is 2.34. The van der Waals surface area contributed by atoms with Gasteiger partial charge in [-0.2, -0.15) is 0 Å². The van der Waals surface area contributed by atoms with E-state index in [4.69, 9.17) is 0 Å². The van der Waals surface area contributed by atoms with E-state index in [1.165, 1.54) is 5.56 Å². The lowest BCUT2D eigenvalue weighted by Crippen LogP contribution is -2.51. The van der Waals surface area contributed by atoms with Crippen molar-refractivity contribution >= 4 is 21.8 Å². The molecule has 8 heteroatoms. The number of sulfonamides is 1. The third-order valence-electron chi connectivity index (χ3n) is 5.75. The van der Waals surface area contributed by atoms with E-state index in [-0.39, 0.29) is 22.6 Å². The molecular weight excluding hydrogens is 412 g/mol. The van der Waals surface area contributed by atoms with Gasteiger partial charge in [-0.1, -0.05) is 56.3 Å². The molecule has 7 nitrogen and oxygen atoms in total. The molecule has 164 valence electrons. The molecule has 2 aliphatic rings. The van der Waals surface area contributed by atoms with Crippen LogP contribution in [-0.4, -0.2) is 62.2 Å². The van der Waals surface area contributed by atoms with E-state index in [0.29, 0.717) is 18.7 Å². The number of nitrogens with one attached hydrogen (secondary N) is 1. The van der Waals surface area contributed by atoms with E-state index in [0.717, 1.165) is 19.6 Å². The summed E-state index contributed by atoms with van der Waals surface area (Å²) in [6.07, 6.45) is 0. The van der Waals surface area contributed by atoms with Crippen LogP contribution in [0.15, 0.2) is 64.5 Å². The van der Waals surface area contributed by atoms with Gasteiger partial charge in [0.1, 0.15) is 11.9 Å². The number of carbonyl (C=O) groups excluding carboxylic acids is 1. The summed E-state index contributed by atoms with van der Waals surface area (Å²) in [5.41, 5.74) is 1.79. The molecule has 0 unspecified atom stereocenters. The fraction of sp³-hybridized carbons (Fsp3) is 0.391. The molecule has 31 heavy (non-hydrogen) atoms. The first kappa shape index (κ1) is 21.5. The number of carbonyl (C=O) groups is 1. The van der Waals surface area contributed by atoms with Crippen LogP contribution in [0.3, 0.4) is 0 Å². The zero-order valence-electron chi connectivity index (χ0n) is 17.9. The van der Waals surface area contributed by atoms with Crippen molar-refractivity contribution in [2.75, 3.05) is 26.2 Å². The van der Waals surface area contributed by atoms with Gasteiger partial charge in [0.25, 0.3) is 10.0 Å². The molecule has 2 aromatic rings. The average Bonchev–Trinajstić information content (AvgIpc) is 3.03. The summed E-state index contributed by atoms with van der Waals surface area (Å²) in [6.45, 7) is 7.64. The van der Waals surface area contributed by atoms with Gasteiger partial charge < -0.3 is 4.90 Å². The molecule has 2 aliphatic heterocycles. The zero-order chi connectivity index (χ0) is 22.0. The minimum Gasteiger partial charge on any atom is -0.338 e. The Morgan fingerprint density at radius 2 is 1.65 bits per heavy atom. The molecule has 1 saturated heterocycles. The van der Waals surface area contributed by atoms with Gasteiger partial charge in [0.05, 0.1) is 4.90 Å². The number of piperazine rings is 1. The summed E-state index contributed by atoms with van der Waals surface area (Å²) in [5.74, 6) is 0.149. The topological polar surface area (TPSA) is 82.1 Å². The SMILES string of the molecule is CC(C)[C@H](N=C1NS(=O)(=O)c2ccccc21)C(=O)N1CCN(Cc2ccccc2)CC1. The summed E-state index contributed by atoms with van der Waals surface area (Å²) in [6, 6.07) is 16.4. The van der Waals surface area contributed by atoms with Crippen molar-refractivity contribution in [3.8, 4) is 0 Å². The molecule has 1 N–H and O–H groups in total. The maximum Gasteiger partial charge on any atom is 0.263 e. The number of hydrogen-bond acceptors (Lipinski definition) is 5. The minimum atomic E-state index is -3.63. The van der Waals surface area contributed by atoms with Crippen molar-refractivity contribution in [2.45, 2.75) is 31.3 Å². The molecule has 2 heterocycles. The Morgan fingerprint density at radius 1 is 1.00 bits per heavy atom. The lowest BCUT2D eigenvalue weighted by Gasteiger charge is -2.36. The first-order chi connectivity index (χ1) is 14.8. The van der Waals surface area contributed by atoms with Crippen LogP contribution in [0.5, 0.6) is 0 Å². The van der Waals surface area contributed by atoms with Crippen molar-refractivity contribution in [1.29, 1.82) is 0 Å². The standard InChI is InChI=1S/C23H28N4O3S/c1-17(2)21(24-22-19-10-6-7-11-20(19)31(29,30)25-22)23(28)27-14-12-26(13-15-27)16-18-8-4-3-5-9-18/h3-11,17,21H,12-16H2,1-2H3,(H,24,25)/t21-/m0/s1. The number of amides is 1. The largest absolute Gasteiger partial charge is 0.338 e. The Balaban J connectivity index is 1.46. The second kappa shape index (κ2) is 8.80. The Bertz CT molecular complexity index is 1080. The second-order valence-electron chi connectivity index (χ2n) is 8.36. The van der Waals surface area contributed by atoms with E-state index in [1.807, 2.05) is 36.9 Å². The van der Waals surface area contributed by atoms with E-state index in [2.05, 4.69) is 26.7 Å². The Morgan fingerprint density at radius 3 is 2.32 bits per heavy atom. The van der Waals surface area contributed by atoms with Gasteiger partial charge >= 0.3 is 0 Å².